The Morgan fingerprint density at radius 1 is 1.03 bits per heavy atom. The van der Waals surface area contributed by atoms with Gasteiger partial charge in [-0.05, 0) is 74.2 Å². The molecule has 0 aliphatic carbocycles. The summed E-state index contributed by atoms with van der Waals surface area (Å²) in [4.78, 5) is 40.9. The molecule has 3 heterocycles. The molecule has 1 N–H and O–H groups in total. The molecule has 4 rings (SSSR count). The molecule has 2 fully saturated rings. The second-order valence-corrected chi connectivity index (χ2v) is 9.83. The number of hydrogen-bond donors (Lipinski definition) is 1. The monoisotopic (exact) mass is 439 g/mol. The summed E-state index contributed by atoms with van der Waals surface area (Å²) in [6.45, 7) is 8.56. The van der Waals surface area contributed by atoms with Crippen molar-refractivity contribution in [3.8, 4) is 0 Å². The highest BCUT2D eigenvalue weighted by atomic mass is 16.2. The van der Waals surface area contributed by atoms with Crippen LogP contribution in [0.4, 0.5) is 0 Å². The Labute approximate surface area is 191 Å². The number of fused-ring (bicyclic) bond motifs is 1. The van der Waals surface area contributed by atoms with E-state index >= 15 is 0 Å². The van der Waals surface area contributed by atoms with Gasteiger partial charge in [0.1, 0.15) is 6.04 Å². The van der Waals surface area contributed by atoms with Crippen LogP contribution in [0.15, 0.2) is 18.2 Å². The maximum Gasteiger partial charge on any atom is 0.255 e. The van der Waals surface area contributed by atoms with E-state index in [4.69, 9.17) is 0 Å². The zero-order valence-electron chi connectivity index (χ0n) is 19.6. The zero-order valence-corrected chi connectivity index (χ0v) is 19.6. The van der Waals surface area contributed by atoms with Crippen molar-refractivity contribution in [2.75, 3.05) is 19.6 Å². The van der Waals surface area contributed by atoms with Crippen LogP contribution in [0.25, 0.3) is 0 Å². The molecule has 0 spiro atoms. The summed E-state index contributed by atoms with van der Waals surface area (Å²) in [6, 6.07) is 5.71. The standard InChI is InChI=1S/C26H37N3O3/c1-3-5-18(6-4-2)16-28-13-11-19(12-14-28)20-7-8-22-21(15-20)17-29(26(22)32)23-9-10-24(30)27-25(23)31/h7-8,15,18-19,23H,3-6,9-14,16-17H2,1-2H3,(H,27,30,31). The van der Waals surface area contributed by atoms with Gasteiger partial charge in [-0.25, -0.2) is 0 Å². The van der Waals surface area contributed by atoms with Crippen molar-refractivity contribution in [3.05, 3.63) is 34.9 Å². The highest BCUT2D eigenvalue weighted by Gasteiger charge is 2.39. The van der Waals surface area contributed by atoms with Gasteiger partial charge in [0.25, 0.3) is 5.91 Å². The molecule has 1 aromatic rings. The van der Waals surface area contributed by atoms with Gasteiger partial charge in [0.15, 0.2) is 0 Å². The molecule has 6 heteroatoms. The zero-order chi connectivity index (χ0) is 22.7. The lowest BCUT2D eigenvalue weighted by Gasteiger charge is -2.34. The fourth-order valence-electron chi connectivity index (χ4n) is 5.81. The van der Waals surface area contributed by atoms with Crippen LogP contribution in [-0.2, 0) is 16.1 Å². The average molecular weight is 440 g/mol. The van der Waals surface area contributed by atoms with Gasteiger partial charge in [-0.2, -0.15) is 0 Å². The number of piperidine rings is 2. The first-order valence-corrected chi connectivity index (χ1v) is 12.5. The number of benzene rings is 1. The van der Waals surface area contributed by atoms with Crippen LogP contribution in [0.1, 0.15) is 92.6 Å². The second kappa shape index (κ2) is 10.2. The summed E-state index contributed by atoms with van der Waals surface area (Å²) in [7, 11) is 0. The number of nitrogens with one attached hydrogen (secondary N) is 1. The van der Waals surface area contributed by atoms with Crippen LogP contribution in [0.5, 0.6) is 0 Å². The molecule has 3 amide bonds. The summed E-state index contributed by atoms with van der Waals surface area (Å²) in [6.07, 6.45) is 8.22. The third-order valence-electron chi connectivity index (χ3n) is 7.52. The van der Waals surface area contributed by atoms with Crippen LogP contribution in [0.3, 0.4) is 0 Å². The van der Waals surface area contributed by atoms with Crippen molar-refractivity contribution >= 4 is 17.7 Å². The topological polar surface area (TPSA) is 69.7 Å². The summed E-state index contributed by atoms with van der Waals surface area (Å²) >= 11 is 0. The van der Waals surface area contributed by atoms with Gasteiger partial charge < -0.3 is 9.80 Å². The van der Waals surface area contributed by atoms with Gasteiger partial charge >= 0.3 is 0 Å². The molecular weight excluding hydrogens is 402 g/mol. The van der Waals surface area contributed by atoms with Gasteiger partial charge in [-0.1, -0.05) is 38.8 Å². The Kier molecular flexibility index (Phi) is 7.29. The van der Waals surface area contributed by atoms with E-state index in [1.165, 1.54) is 37.8 Å². The number of nitrogens with zero attached hydrogens (tertiary/aromatic N) is 2. The number of imide groups is 1. The van der Waals surface area contributed by atoms with Gasteiger partial charge in [-0.15, -0.1) is 0 Å². The van der Waals surface area contributed by atoms with Crippen LogP contribution in [0.2, 0.25) is 0 Å². The third kappa shape index (κ3) is 4.90. The predicted octanol–water partition coefficient (Wildman–Crippen LogP) is 3.84. The SMILES string of the molecule is CCCC(CCC)CN1CCC(c2ccc3c(c2)CN(C2CCC(=O)NC2=O)C3=O)CC1. The minimum absolute atomic E-state index is 0.0891. The molecule has 1 atom stereocenters. The summed E-state index contributed by atoms with van der Waals surface area (Å²) in [5.74, 6) is 0.672. The van der Waals surface area contributed by atoms with Gasteiger partial charge in [0.05, 0.1) is 0 Å². The van der Waals surface area contributed by atoms with Crippen LogP contribution >= 0.6 is 0 Å². The Balaban J connectivity index is 1.36. The molecular formula is C26H37N3O3. The van der Waals surface area contributed by atoms with Crippen molar-refractivity contribution in [1.29, 1.82) is 0 Å². The van der Waals surface area contributed by atoms with E-state index in [0.717, 1.165) is 37.4 Å². The van der Waals surface area contributed by atoms with E-state index in [1.807, 2.05) is 6.07 Å². The van der Waals surface area contributed by atoms with Crippen molar-refractivity contribution in [2.24, 2.45) is 5.92 Å². The number of carbonyl (C=O) groups is 3. The summed E-state index contributed by atoms with van der Waals surface area (Å²) in [5.41, 5.74) is 3.04. The van der Waals surface area contributed by atoms with Gasteiger partial charge in [0, 0.05) is 25.1 Å². The fourth-order valence-corrected chi connectivity index (χ4v) is 5.81. The van der Waals surface area contributed by atoms with E-state index in [9.17, 15) is 14.4 Å². The largest absolute Gasteiger partial charge is 0.322 e. The van der Waals surface area contributed by atoms with Gasteiger partial charge in [-0.3, -0.25) is 19.7 Å². The highest BCUT2D eigenvalue weighted by molar-refractivity contribution is 6.05. The molecule has 0 bridgehead atoms. The Bertz CT molecular complexity index is 854. The molecule has 0 radical (unpaired) electrons. The summed E-state index contributed by atoms with van der Waals surface area (Å²) < 4.78 is 0. The highest BCUT2D eigenvalue weighted by Crippen LogP contribution is 2.34. The van der Waals surface area contributed by atoms with Crippen molar-refractivity contribution in [2.45, 2.75) is 83.7 Å². The number of hydrogen-bond acceptors (Lipinski definition) is 4. The fraction of sp³-hybridized carbons (Fsp3) is 0.654. The normalized spacial score (nSPS) is 22.5. The molecule has 1 unspecified atom stereocenters. The van der Waals surface area contributed by atoms with Crippen LogP contribution < -0.4 is 5.32 Å². The Morgan fingerprint density at radius 2 is 1.75 bits per heavy atom. The van der Waals surface area contributed by atoms with Gasteiger partial charge in [0.2, 0.25) is 11.8 Å². The Morgan fingerprint density at radius 3 is 2.41 bits per heavy atom. The summed E-state index contributed by atoms with van der Waals surface area (Å²) in [5, 5.41) is 2.37. The van der Waals surface area contributed by atoms with E-state index in [2.05, 4.69) is 36.2 Å². The number of carbonyl (C=O) groups excluding carboxylic acids is 3. The maximum absolute atomic E-state index is 12.9. The quantitative estimate of drug-likeness (QED) is 0.625. The minimum atomic E-state index is -0.543. The van der Waals surface area contributed by atoms with E-state index in [0.29, 0.717) is 24.4 Å². The average Bonchev–Trinajstić information content (AvgIpc) is 3.10. The lowest BCUT2D eigenvalue weighted by Crippen LogP contribution is -2.52. The smallest absolute Gasteiger partial charge is 0.255 e. The number of likely N-dealkylation sites (tertiary alicyclic amines) is 1. The van der Waals surface area contributed by atoms with E-state index < -0.39 is 6.04 Å². The van der Waals surface area contributed by atoms with Crippen molar-refractivity contribution in [3.63, 3.8) is 0 Å². The van der Waals surface area contributed by atoms with Crippen LogP contribution in [0, 0.1) is 5.92 Å². The first kappa shape index (κ1) is 23.0. The number of amides is 3. The molecule has 3 aliphatic rings. The lowest BCUT2D eigenvalue weighted by molar-refractivity contribution is -0.136. The predicted molar refractivity (Wildman–Crippen MR) is 124 cm³/mol. The Hall–Kier alpha value is -2.21. The first-order valence-electron chi connectivity index (χ1n) is 12.5. The third-order valence-corrected chi connectivity index (χ3v) is 7.52. The molecule has 1 aromatic carbocycles. The van der Waals surface area contributed by atoms with Crippen molar-refractivity contribution in [1.82, 2.24) is 15.1 Å². The molecule has 6 nitrogen and oxygen atoms in total. The van der Waals surface area contributed by atoms with Crippen molar-refractivity contribution < 1.29 is 14.4 Å². The van der Waals surface area contributed by atoms with E-state index in [1.54, 1.807) is 4.90 Å². The molecule has 174 valence electrons. The molecule has 32 heavy (non-hydrogen) atoms. The molecule has 0 saturated carbocycles. The molecule has 3 aliphatic heterocycles. The first-order chi connectivity index (χ1) is 15.5. The molecule has 2 saturated heterocycles. The molecule has 0 aromatic heterocycles. The second-order valence-electron chi connectivity index (χ2n) is 9.83. The van der Waals surface area contributed by atoms with E-state index in [-0.39, 0.29) is 24.1 Å². The van der Waals surface area contributed by atoms with Crippen LogP contribution in [-0.4, -0.2) is 53.2 Å². The lowest BCUT2D eigenvalue weighted by atomic mass is 9.87. The number of rotatable bonds is 8. The minimum Gasteiger partial charge on any atom is -0.322 e. The maximum atomic E-state index is 12.9.